The number of nitrogens with zero attached hydrogens (tertiary/aromatic N) is 1. The molecule has 0 amide bonds. The van der Waals surface area contributed by atoms with Gasteiger partial charge in [-0.3, -0.25) is 4.99 Å². The number of aliphatic imine (C=N–C) groups is 1. The molecule has 0 aromatic carbocycles. The minimum Gasteiger partial charge on any atom is -0.265 e. The second-order valence-electron chi connectivity index (χ2n) is 3.54. The van der Waals surface area contributed by atoms with Crippen molar-refractivity contribution in [1.29, 1.82) is 0 Å². The maximum Gasteiger partial charge on any atom is 0.0267 e. The number of rotatable bonds is 2. The minimum absolute atomic E-state index is 0.172. The summed E-state index contributed by atoms with van der Waals surface area (Å²) in [5.74, 6) is 0. The third-order valence-electron chi connectivity index (χ3n) is 1.58. The first-order valence-corrected chi connectivity index (χ1v) is 3.81. The molecule has 0 heterocycles. The molecular weight excluding hydrogens is 134 g/mol. The predicted molar refractivity (Wildman–Crippen MR) is 51.9 cm³/mol. The van der Waals surface area contributed by atoms with Crippen molar-refractivity contribution < 1.29 is 0 Å². The van der Waals surface area contributed by atoms with Crippen LogP contribution in [0.5, 0.6) is 0 Å². The van der Waals surface area contributed by atoms with Gasteiger partial charge >= 0.3 is 0 Å². The molecule has 1 nitrogen and oxygen atoms in total. The van der Waals surface area contributed by atoms with Crippen LogP contribution in [0.4, 0.5) is 0 Å². The Hall–Kier alpha value is -0.850. The lowest BCUT2D eigenvalue weighted by molar-refractivity contribution is 0.588. The molecule has 0 atom stereocenters. The topological polar surface area (TPSA) is 12.4 Å². The van der Waals surface area contributed by atoms with Crippen molar-refractivity contribution in [2.24, 2.45) is 10.4 Å². The van der Waals surface area contributed by atoms with Gasteiger partial charge in [-0.1, -0.05) is 33.4 Å². The third-order valence-corrected chi connectivity index (χ3v) is 1.58. The number of hydrogen-bond acceptors (Lipinski definition) is 1. The Balaban J connectivity index is 4.23. The summed E-state index contributed by atoms with van der Waals surface area (Å²) in [4.78, 5) is 4.25. The van der Waals surface area contributed by atoms with E-state index in [4.69, 9.17) is 0 Å². The van der Waals surface area contributed by atoms with Crippen molar-refractivity contribution in [1.82, 2.24) is 0 Å². The Labute approximate surface area is 69.5 Å². The molecule has 0 saturated carbocycles. The molecule has 0 bridgehead atoms. The highest BCUT2D eigenvalue weighted by Crippen LogP contribution is 2.15. The van der Waals surface area contributed by atoms with Crippen LogP contribution in [-0.2, 0) is 0 Å². The van der Waals surface area contributed by atoms with Crippen molar-refractivity contribution in [3.8, 4) is 0 Å². The maximum absolute atomic E-state index is 4.25. The summed E-state index contributed by atoms with van der Waals surface area (Å²) in [6, 6.07) is 0. The van der Waals surface area contributed by atoms with Gasteiger partial charge in [-0.2, -0.15) is 0 Å². The van der Waals surface area contributed by atoms with Gasteiger partial charge in [-0.15, -0.1) is 0 Å². The van der Waals surface area contributed by atoms with Crippen molar-refractivity contribution in [2.45, 2.75) is 27.7 Å². The van der Waals surface area contributed by atoms with E-state index in [1.54, 1.807) is 12.3 Å². The molecule has 0 N–H and O–H groups in total. The molecule has 62 valence electrons. The van der Waals surface area contributed by atoms with Crippen LogP contribution in [-0.4, -0.2) is 5.71 Å². The van der Waals surface area contributed by atoms with Crippen molar-refractivity contribution in [3.63, 3.8) is 0 Å². The Morgan fingerprint density at radius 3 is 2.27 bits per heavy atom. The van der Waals surface area contributed by atoms with Gasteiger partial charge in [-0.25, -0.2) is 0 Å². The highest BCUT2D eigenvalue weighted by atomic mass is 14.7. The molecule has 0 aromatic heterocycles. The summed E-state index contributed by atoms with van der Waals surface area (Å²) in [6.07, 6.45) is 5.32. The Bertz CT molecular complexity index is 180. The van der Waals surface area contributed by atoms with E-state index in [9.17, 15) is 0 Å². The van der Waals surface area contributed by atoms with Crippen LogP contribution < -0.4 is 0 Å². The lowest BCUT2D eigenvalue weighted by Gasteiger charge is -2.16. The zero-order chi connectivity index (χ0) is 8.91. The van der Waals surface area contributed by atoms with Gasteiger partial charge in [-0.05, 0) is 18.4 Å². The maximum atomic E-state index is 4.25. The van der Waals surface area contributed by atoms with E-state index in [0.29, 0.717) is 0 Å². The molecule has 0 spiro atoms. The van der Waals surface area contributed by atoms with Crippen molar-refractivity contribution in [3.05, 3.63) is 24.9 Å². The monoisotopic (exact) mass is 151 g/mol. The Kier molecular flexibility index (Phi) is 3.80. The summed E-state index contributed by atoms with van der Waals surface area (Å²) in [5.41, 5.74) is 1.31. The average Bonchev–Trinajstić information content (AvgIpc) is 1.86. The molecule has 0 unspecified atom stereocenters. The average molecular weight is 151 g/mol. The SMILES string of the molecule is C=C/C=C\N=C(C)C(C)(C)C. The zero-order valence-corrected chi connectivity index (χ0v) is 7.89. The van der Waals surface area contributed by atoms with Crippen molar-refractivity contribution in [2.75, 3.05) is 0 Å². The van der Waals surface area contributed by atoms with E-state index in [1.165, 1.54) is 0 Å². The lowest BCUT2D eigenvalue weighted by atomic mass is 9.91. The van der Waals surface area contributed by atoms with E-state index >= 15 is 0 Å². The van der Waals surface area contributed by atoms with Gasteiger partial charge < -0.3 is 0 Å². The molecule has 0 aliphatic heterocycles. The fraction of sp³-hybridized carbons (Fsp3) is 0.500. The molecular formula is C10H17N. The molecule has 0 radical (unpaired) electrons. The molecule has 11 heavy (non-hydrogen) atoms. The first-order valence-electron chi connectivity index (χ1n) is 3.81. The summed E-state index contributed by atoms with van der Waals surface area (Å²) in [6.45, 7) is 12.0. The van der Waals surface area contributed by atoms with Crippen LogP contribution >= 0.6 is 0 Å². The summed E-state index contributed by atoms with van der Waals surface area (Å²) in [7, 11) is 0. The predicted octanol–water partition coefficient (Wildman–Crippen LogP) is 3.19. The summed E-state index contributed by atoms with van der Waals surface area (Å²) < 4.78 is 0. The van der Waals surface area contributed by atoms with E-state index in [2.05, 4.69) is 32.3 Å². The van der Waals surface area contributed by atoms with Crippen LogP contribution in [0.3, 0.4) is 0 Å². The van der Waals surface area contributed by atoms with Gasteiger partial charge in [0.15, 0.2) is 0 Å². The van der Waals surface area contributed by atoms with Gasteiger partial charge in [0.2, 0.25) is 0 Å². The van der Waals surface area contributed by atoms with Gasteiger partial charge in [0.25, 0.3) is 0 Å². The summed E-state index contributed by atoms with van der Waals surface area (Å²) >= 11 is 0. The zero-order valence-electron chi connectivity index (χ0n) is 7.89. The van der Waals surface area contributed by atoms with Crippen LogP contribution in [0, 0.1) is 5.41 Å². The van der Waals surface area contributed by atoms with Gasteiger partial charge in [0.1, 0.15) is 0 Å². The first kappa shape index (κ1) is 10.2. The highest BCUT2D eigenvalue weighted by Gasteiger charge is 2.12. The largest absolute Gasteiger partial charge is 0.265 e. The third kappa shape index (κ3) is 4.54. The first-order chi connectivity index (χ1) is 4.98. The van der Waals surface area contributed by atoms with Crippen molar-refractivity contribution >= 4 is 5.71 Å². The molecule has 0 aliphatic carbocycles. The quantitative estimate of drug-likeness (QED) is 0.424. The Morgan fingerprint density at radius 2 is 1.91 bits per heavy atom. The van der Waals surface area contributed by atoms with E-state index in [0.717, 1.165) is 5.71 Å². The molecule has 1 heteroatoms. The van der Waals surface area contributed by atoms with Crippen LogP contribution in [0.1, 0.15) is 27.7 Å². The van der Waals surface area contributed by atoms with Gasteiger partial charge in [0.05, 0.1) is 0 Å². The summed E-state index contributed by atoms with van der Waals surface area (Å²) in [5, 5.41) is 0. The number of allylic oxidation sites excluding steroid dienone is 2. The Morgan fingerprint density at radius 1 is 1.36 bits per heavy atom. The highest BCUT2D eigenvalue weighted by molar-refractivity contribution is 5.87. The smallest absolute Gasteiger partial charge is 0.0267 e. The lowest BCUT2D eigenvalue weighted by Crippen LogP contribution is -2.16. The fourth-order valence-electron chi connectivity index (χ4n) is 0.409. The standard InChI is InChI=1S/C10H17N/c1-6-7-8-11-9(2)10(3,4)5/h6-8H,1H2,2-5H3/b8-7-,11-9?. The van der Waals surface area contributed by atoms with E-state index in [-0.39, 0.29) is 5.41 Å². The molecule has 0 rings (SSSR count). The molecule has 0 fully saturated rings. The molecule has 0 aromatic rings. The minimum atomic E-state index is 0.172. The normalized spacial score (nSPS) is 14.0. The van der Waals surface area contributed by atoms with Crippen LogP contribution in [0.2, 0.25) is 0 Å². The van der Waals surface area contributed by atoms with Crippen LogP contribution in [0.25, 0.3) is 0 Å². The fourth-order valence-corrected chi connectivity index (χ4v) is 0.409. The number of hydrogen-bond donors (Lipinski definition) is 0. The molecule has 0 aliphatic rings. The van der Waals surface area contributed by atoms with Gasteiger partial charge in [0, 0.05) is 11.9 Å². The molecule has 0 saturated heterocycles. The second kappa shape index (κ2) is 4.12. The van der Waals surface area contributed by atoms with Crippen LogP contribution in [0.15, 0.2) is 29.9 Å². The second-order valence-corrected chi connectivity index (χ2v) is 3.54. The van der Waals surface area contributed by atoms with E-state index < -0.39 is 0 Å². The van der Waals surface area contributed by atoms with E-state index in [1.807, 2.05) is 13.0 Å².